The van der Waals surface area contributed by atoms with Crippen LogP contribution in [0.4, 0.5) is 10.3 Å². The van der Waals surface area contributed by atoms with Crippen LogP contribution in [0.15, 0.2) is 52.1 Å². The third-order valence-electron chi connectivity index (χ3n) is 3.43. The van der Waals surface area contributed by atoms with E-state index in [4.69, 9.17) is 0 Å². The molecule has 0 aliphatic rings. The second-order valence-electron chi connectivity index (χ2n) is 6.09. The first-order valence-electron chi connectivity index (χ1n) is 7.45. The zero-order chi connectivity index (χ0) is 18.2. The highest BCUT2D eigenvalue weighted by Crippen LogP contribution is 2.28. The van der Waals surface area contributed by atoms with E-state index in [0.29, 0.717) is 9.86 Å². The number of hydrogen-bond donors (Lipinski definition) is 1. The Kier molecular flexibility index (Phi) is 4.54. The van der Waals surface area contributed by atoms with E-state index in [1.54, 1.807) is 18.2 Å². The summed E-state index contributed by atoms with van der Waals surface area (Å²) in [5.41, 5.74) is -1.23. The number of hydrogen-bond acceptors (Lipinski definition) is 5. The number of nitrogens with zero attached hydrogens (tertiary/aromatic N) is 3. The number of fused-ring (bicyclic) bond motifs is 1. The van der Waals surface area contributed by atoms with Crippen molar-refractivity contribution in [2.45, 2.75) is 24.4 Å². The van der Waals surface area contributed by atoms with Crippen molar-refractivity contribution in [1.29, 1.82) is 0 Å². The molecular weight excluding hydrogens is 411 g/mol. The molecule has 3 rings (SSSR count). The largest absolute Gasteiger partial charge is 0.351 e. The van der Waals surface area contributed by atoms with Gasteiger partial charge in [-0.2, -0.15) is 4.98 Å². The number of rotatable bonds is 5. The van der Waals surface area contributed by atoms with Crippen molar-refractivity contribution in [1.82, 2.24) is 13.9 Å². The molecule has 0 fully saturated rings. The summed E-state index contributed by atoms with van der Waals surface area (Å²) in [4.78, 5) is 8.52. The van der Waals surface area contributed by atoms with Gasteiger partial charge in [0.15, 0.2) is 5.65 Å². The molecule has 0 spiro atoms. The fourth-order valence-electron chi connectivity index (χ4n) is 2.21. The van der Waals surface area contributed by atoms with Crippen LogP contribution in [0.2, 0.25) is 0 Å². The Morgan fingerprint density at radius 3 is 2.60 bits per heavy atom. The Morgan fingerprint density at radius 1 is 1.28 bits per heavy atom. The fraction of sp³-hybridized carbons (Fsp3) is 0.250. The van der Waals surface area contributed by atoms with E-state index >= 15 is 0 Å². The maximum atomic E-state index is 13.7. The smallest absolute Gasteiger partial charge is 0.269 e. The Morgan fingerprint density at radius 2 is 1.96 bits per heavy atom. The summed E-state index contributed by atoms with van der Waals surface area (Å²) in [6.07, 6.45) is 2.93. The minimum atomic E-state index is -3.81. The van der Waals surface area contributed by atoms with Gasteiger partial charge >= 0.3 is 0 Å². The lowest BCUT2D eigenvalue weighted by Crippen LogP contribution is -2.25. The van der Waals surface area contributed by atoms with Crippen molar-refractivity contribution in [3.8, 4) is 0 Å². The van der Waals surface area contributed by atoms with Gasteiger partial charge in [-0.3, -0.25) is 0 Å². The average Bonchev–Trinajstić information content (AvgIpc) is 2.90. The van der Waals surface area contributed by atoms with Gasteiger partial charge in [-0.25, -0.2) is 21.8 Å². The van der Waals surface area contributed by atoms with Gasteiger partial charge in [-0.15, -0.1) is 0 Å². The van der Waals surface area contributed by atoms with E-state index in [-0.39, 0.29) is 23.0 Å². The van der Waals surface area contributed by atoms with Crippen LogP contribution in [-0.2, 0) is 10.0 Å². The molecule has 0 bridgehead atoms. The zero-order valence-corrected chi connectivity index (χ0v) is 16.0. The van der Waals surface area contributed by atoms with Crippen molar-refractivity contribution in [3.63, 3.8) is 0 Å². The SMILES string of the molecule is CC(C)(F)CNc1ncc2c(Br)cn(S(=O)(=O)c3ccccc3)c2n1. The summed E-state index contributed by atoms with van der Waals surface area (Å²) in [7, 11) is -3.81. The zero-order valence-electron chi connectivity index (χ0n) is 13.6. The molecule has 3 aromatic rings. The van der Waals surface area contributed by atoms with E-state index in [2.05, 4.69) is 31.2 Å². The van der Waals surface area contributed by atoms with Crippen molar-refractivity contribution in [2.75, 3.05) is 11.9 Å². The number of benzene rings is 1. The first-order valence-corrected chi connectivity index (χ1v) is 9.69. The summed E-state index contributed by atoms with van der Waals surface area (Å²) in [6.45, 7) is 2.86. The number of halogens is 2. The predicted octanol–water partition coefficient (Wildman–Crippen LogP) is 3.59. The molecule has 0 saturated heterocycles. The van der Waals surface area contributed by atoms with Crippen molar-refractivity contribution < 1.29 is 12.8 Å². The van der Waals surface area contributed by atoms with Gasteiger partial charge in [0.2, 0.25) is 5.95 Å². The first-order chi connectivity index (χ1) is 11.7. The predicted molar refractivity (Wildman–Crippen MR) is 97.9 cm³/mol. The molecule has 1 aromatic carbocycles. The molecule has 0 atom stereocenters. The van der Waals surface area contributed by atoms with Gasteiger partial charge in [-0.1, -0.05) is 18.2 Å². The molecule has 132 valence electrons. The lowest BCUT2D eigenvalue weighted by molar-refractivity contribution is 0.234. The van der Waals surface area contributed by atoms with E-state index in [1.165, 1.54) is 38.4 Å². The number of nitrogens with one attached hydrogen (secondary N) is 1. The second kappa shape index (κ2) is 6.38. The number of anilines is 1. The lowest BCUT2D eigenvalue weighted by atomic mass is 10.2. The van der Waals surface area contributed by atoms with E-state index < -0.39 is 15.7 Å². The maximum Gasteiger partial charge on any atom is 0.269 e. The van der Waals surface area contributed by atoms with Crippen LogP contribution in [0, 0.1) is 0 Å². The van der Waals surface area contributed by atoms with Crippen LogP contribution >= 0.6 is 15.9 Å². The highest BCUT2D eigenvalue weighted by molar-refractivity contribution is 9.10. The summed E-state index contributed by atoms with van der Waals surface area (Å²) in [5.74, 6) is 0.160. The molecule has 0 radical (unpaired) electrons. The van der Waals surface area contributed by atoms with Gasteiger partial charge in [0.25, 0.3) is 10.0 Å². The van der Waals surface area contributed by atoms with Gasteiger partial charge in [0, 0.05) is 16.9 Å². The van der Waals surface area contributed by atoms with E-state index in [0.717, 1.165) is 3.97 Å². The number of alkyl halides is 1. The maximum absolute atomic E-state index is 13.7. The summed E-state index contributed by atoms with van der Waals surface area (Å²) in [6, 6.07) is 8.07. The summed E-state index contributed by atoms with van der Waals surface area (Å²) < 4.78 is 41.1. The quantitative estimate of drug-likeness (QED) is 0.674. The third-order valence-corrected chi connectivity index (χ3v) is 5.73. The molecule has 0 aliphatic carbocycles. The van der Waals surface area contributed by atoms with E-state index in [1.807, 2.05) is 0 Å². The molecule has 0 unspecified atom stereocenters. The molecule has 25 heavy (non-hydrogen) atoms. The Bertz CT molecular complexity index is 1010. The molecule has 0 aliphatic heterocycles. The van der Waals surface area contributed by atoms with Gasteiger partial charge < -0.3 is 5.32 Å². The van der Waals surface area contributed by atoms with Crippen LogP contribution in [0.1, 0.15) is 13.8 Å². The Balaban J connectivity index is 2.10. The second-order valence-corrected chi connectivity index (χ2v) is 8.76. The average molecular weight is 427 g/mol. The minimum Gasteiger partial charge on any atom is -0.351 e. The highest BCUT2D eigenvalue weighted by atomic mass is 79.9. The Labute approximate surface area is 153 Å². The van der Waals surface area contributed by atoms with Crippen molar-refractivity contribution in [3.05, 3.63) is 47.2 Å². The van der Waals surface area contributed by atoms with Gasteiger partial charge in [-0.05, 0) is 41.9 Å². The topological polar surface area (TPSA) is 76.9 Å². The van der Waals surface area contributed by atoms with Gasteiger partial charge in [0.1, 0.15) is 5.67 Å². The third kappa shape index (κ3) is 3.67. The van der Waals surface area contributed by atoms with Crippen LogP contribution < -0.4 is 5.32 Å². The highest BCUT2D eigenvalue weighted by Gasteiger charge is 2.22. The monoisotopic (exact) mass is 426 g/mol. The molecule has 0 amide bonds. The molecule has 9 heteroatoms. The van der Waals surface area contributed by atoms with Crippen molar-refractivity contribution >= 4 is 42.9 Å². The van der Waals surface area contributed by atoms with Crippen LogP contribution in [-0.4, -0.2) is 34.6 Å². The molecule has 0 saturated carbocycles. The van der Waals surface area contributed by atoms with Crippen LogP contribution in [0.3, 0.4) is 0 Å². The molecule has 6 nitrogen and oxygen atoms in total. The summed E-state index contributed by atoms with van der Waals surface area (Å²) in [5, 5.41) is 3.33. The fourth-order valence-corrected chi connectivity index (χ4v) is 4.17. The molecule has 1 N–H and O–H groups in total. The Hall–Kier alpha value is -2.00. The lowest BCUT2D eigenvalue weighted by Gasteiger charge is -2.14. The normalized spacial score (nSPS) is 12.5. The standard InChI is InChI=1S/C16H16BrFN4O2S/c1-16(2,18)10-20-15-19-8-12-13(17)9-22(14(12)21-15)25(23,24)11-6-4-3-5-7-11/h3-9H,10H2,1-2H3,(H,19,20,21). The molecule has 2 aromatic heterocycles. The van der Waals surface area contributed by atoms with Crippen LogP contribution in [0.5, 0.6) is 0 Å². The van der Waals surface area contributed by atoms with Gasteiger partial charge in [0.05, 0.1) is 16.8 Å². The first kappa shape index (κ1) is 17.8. The van der Waals surface area contributed by atoms with Crippen LogP contribution in [0.25, 0.3) is 11.0 Å². The minimum absolute atomic E-state index is 0.00577. The molecular formula is C16H16BrFN4O2S. The van der Waals surface area contributed by atoms with E-state index in [9.17, 15) is 12.8 Å². The number of aromatic nitrogens is 3. The summed E-state index contributed by atoms with van der Waals surface area (Å²) >= 11 is 3.33. The van der Waals surface area contributed by atoms with Crippen molar-refractivity contribution in [2.24, 2.45) is 0 Å². The molecule has 2 heterocycles.